The first-order valence-corrected chi connectivity index (χ1v) is 7.00. The molecule has 0 bridgehead atoms. The molecule has 0 radical (unpaired) electrons. The fraction of sp³-hybridized carbons (Fsp3) is 0.133. The monoisotopic (exact) mass is 326 g/mol. The minimum Gasteiger partial charge on any atom is -0.399 e. The van der Waals surface area contributed by atoms with Crippen molar-refractivity contribution in [2.24, 2.45) is 0 Å². The third-order valence-corrected chi connectivity index (χ3v) is 3.71. The van der Waals surface area contributed by atoms with Crippen molar-refractivity contribution in [2.45, 2.75) is 6.42 Å². The molecule has 110 valence electrons. The Bertz CT molecular complexity index is 659. The molecule has 3 nitrogen and oxygen atoms in total. The van der Waals surface area contributed by atoms with Crippen molar-refractivity contribution in [3.63, 3.8) is 0 Å². The normalized spacial score (nSPS) is 10.4. The van der Waals surface area contributed by atoms with Crippen molar-refractivity contribution in [1.29, 1.82) is 0 Å². The lowest BCUT2D eigenvalue weighted by Gasteiger charge is -2.09. The predicted octanol–water partition coefficient (Wildman–Crippen LogP) is 3.69. The number of benzene rings is 2. The van der Waals surface area contributed by atoms with E-state index in [0.29, 0.717) is 18.7 Å². The number of nitrogens with one attached hydrogen (secondary N) is 1. The fourth-order valence-electron chi connectivity index (χ4n) is 1.84. The van der Waals surface area contributed by atoms with Gasteiger partial charge in [0.2, 0.25) is 0 Å². The molecule has 3 N–H and O–H groups in total. The van der Waals surface area contributed by atoms with E-state index in [1.807, 2.05) is 0 Å². The molecular weight excluding hydrogens is 314 g/mol. The van der Waals surface area contributed by atoms with Crippen LogP contribution in [0.1, 0.15) is 15.9 Å². The highest BCUT2D eigenvalue weighted by Crippen LogP contribution is 2.28. The number of carbonyl (C=O) groups excluding carboxylic acids is 1. The molecule has 0 aliphatic heterocycles. The van der Waals surface area contributed by atoms with Crippen LogP contribution in [0.4, 0.5) is 10.1 Å². The first-order chi connectivity index (χ1) is 9.97. The zero-order valence-electron chi connectivity index (χ0n) is 11.0. The van der Waals surface area contributed by atoms with E-state index in [4.69, 9.17) is 28.9 Å². The molecule has 0 saturated heterocycles. The topological polar surface area (TPSA) is 55.1 Å². The maximum absolute atomic E-state index is 12.8. The average Bonchev–Trinajstić information content (AvgIpc) is 2.44. The maximum Gasteiger partial charge on any atom is 0.252 e. The zero-order valence-corrected chi connectivity index (χ0v) is 12.5. The first kappa shape index (κ1) is 15.6. The Labute approximate surface area is 131 Å². The molecule has 0 spiro atoms. The molecule has 0 unspecified atom stereocenters. The number of hydrogen-bond donors (Lipinski definition) is 2. The largest absolute Gasteiger partial charge is 0.399 e. The van der Waals surface area contributed by atoms with Gasteiger partial charge in [-0.1, -0.05) is 35.3 Å². The van der Waals surface area contributed by atoms with Crippen LogP contribution in [-0.2, 0) is 6.42 Å². The number of halogens is 3. The molecule has 6 heteroatoms. The van der Waals surface area contributed by atoms with Crippen LogP contribution in [0, 0.1) is 5.82 Å². The van der Waals surface area contributed by atoms with Gasteiger partial charge in [-0.2, -0.15) is 0 Å². The summed E-state index contributed by atoms with van der Waals surface area (Å²) in [6.45, 7) is 0.396. The molecule has 2 aromatic carbocycles. The standard InChI is InChI=1S/C15H13Cl2FN2O/c16-13-8-11(19)7-12(14(13)17)15(21)20-6-5-9-1-3-10(18)4-2-9/h1-4,7-8H,5-6,19H2,(H,20,21). The van der Waals surface area contributed by atoms with Gasteiger partial charge in [-0.3, -0.25) is 4.79 Å². The van der Waals surface area contributed by atoms with Gasteiger partial charge in [-0.05, 0) is 36.2 Å². The Morgan fingerprint density at radius 3 is 2.52 bits per heavy atom. The van der Waals surface area contributed by atoms with Crippen LogP contribution in [0.5, 0.6) is 0 Å². The van der Waals surface area contributed by atoms with Crippen molar-refractivity contribution in [3.8, 4) is 0 Å². The van der Waals surface area contributed by atoms with Crippen LogP contribution >= 0.6 is 23.2 Å². The maximum atomic E-state index is 12.8. The van der Waals surface area contributed by atoms with E-state index < -0.39 is 0 Å². The van der Waals surface area contributed by atoms with Crippen LogP contribution in [0.3, 0.4) is 0 Å². The Kier molecular flexibility index (Phi) is 5.04. The summed E-state index contributed by atoms with van der Waals surface area (Å²) < 4.78 is 12.8. The van der Waals surface area contributed by atoms with Gasteiger partial charge in [-0.15, -0.1) is 0 Å². The average molecular weight is 327 g/mol. The summed E-state index contributed by atoms with van der Waals surface area (Å²) in [4.78, 5) is 12.0. The van der Waals surface area contributed by atoms with Gasteiger partial charge in [0.15, 0.2) is 0 Å². The van der Waals surface area contributed by atoms with Gasteiger partial charge in [0, 0.05) is 12.2 Å². The van der Waals surface area contributed by atoms with Crippen molar-refractivity contribution in [2.75, 3.05) is 12.3 Å². The van der Waals surface area contributed by atoms with Crippen molar-refractivity contribution in [1.82, 2.24) is 5.32 Å². The van der Waals surface area contributed by atoms with Crippen LogP contribution in [0.2, 0.25) is 10.0 Å². The quantitative estimate of drug-likeness (QED) is 0.842. The highest BCUT2D eigenvalue weighted by Gasteiger charge is 2.13. The molecule has 1 amide bonds. The summed E-state index contributed by atoms with van der Waals surface area (Å²) in [5, 5.41) is 3.13. The van der Waals surface area contributed by atoms with Crippen LogP contribution in [0.25, 0.3) is 0 Å². The lowest BCUT2D eigenvalue weighted by atomic mass is 10.1. The smallest absolute Gasteiger partial charge is 0.252 e. The molecule has 2 rings (SSSR count). The summed E-state index contributed by atoms with van der Waals surface area (Å²) >= 11 is 11.9. The second kappa shape index (κ2) is 6.78. The zero-order chi connectivity index (χ0) is 15.4. The number of amides is 1. The second-order valence-electron chi connectivity index (χ2n) is 4.50. The van der Waals surface area contributed by atoms with E-state index in [1.54, 1.807) is 12.1 Å². The van der Waals surface area contributed by atoms with E-state index in [9.17, 15) is 9.18 Å². The van der Waals surface area contributed by atoms with Crippen molar-refractivity contribution in [3.05, 3.63) is 63.4 Å². The molecule has 0 aromatic heterocycles. The first-order valence-electron chi connectivity index (χ1n) is 6.24. The van der Waals surface area contributed by atoms with Gasteiger partial charge < -0.3 is 11.1 Å². The molecule has 0 atom stereocenters. The van der Waals surface area contributed by atoms with Gasteiger partial charge in [-0.25, -0.2) is 4.39 Å². The van der Waals surface area contributed by atoms with E-state index >= 15 is 0 Å². The number of nitrogens with two attached hydrogens (primary N) is 1. The third kappa shape index (κ3) is 4.09. The highest BCUT2D eigenvalue weighted by molar-refractivity contribution is 6.44. The fourth-order valence-corrected chi connectivity index (χ4v) is 2.26. The highest BCUT2D eigenvalue weighted by atomic mass is 35.5. The minimum atomic E-state index is -0.351. The van der Waals surface area contributed by atoms with E-state index in [2.05, 4.69) is 5.32 Å². The molecule has 21 heavy (non-hydrogen) atoms. The lowest BCUT2D eigenvalue weighted by Crippen LogP contribution is -2.26. The Morgan fingerprint density at radius 1 is 1.19 bits per heavy atom. The SMILES string of the molecule is Nc1cc(Cl)c(Cl)c(C(=O)NCCc2ccc(F)cc2)c1. The number of rotatable bonds is 4. The van der Waals surface area contributed by atoms with Crippen molar-refractivity contribution < 1.29 is 9.18 Å². The molecule has 0 saturated carbocycles. The minimum absolute atomic E-state index is 0.171. The molecule has 0 aliphatic carbocycles. The van der Waals surface area contributed by atoms with Gasteiger partial charge >= 0.3 is 0 Å². The Balaban J connectivity index is 1.97. The van der Waals surface area contributed by atoms with E-state index in [1.165, 1.54) is 24.3 Å². The van der Waals surface area contributed by atoms with Gasteiger partial charge in [0.05, 0.1) is 15.6 Å². The predicted molar refractivity (Wildman–Crippen MR) is 83.3 cm³/mol. The van der Waals surface area contributed by atoms with E-state index in [0.717, 1.165) is 5.56 Å². The molecular formula is C15H13Cl2FN2O. The van der Waals surface area contributed by atoms with Crippen molar-refractivity contribution >= 4 is 34.8 Å². The third-order valence-electron chi connectivity index (χ3n) is 2.91. The number of carbonyl (C=O) groups is 1. The second-order valence-corrected chi connectivity index (χ2v) is 5.28. The summed E-state index contributed by atoms with van der Waals surface area (Å²) in [5.74, 6) is -0.639. The molecule has 0 heterocycles. The summed E-state index contributed by atoms with van der Waals surface area (Å²) in [5.41, 5.74) is 7.17. The van der Waals surface area contributed by atoms with Gasteiger partial charge in [0.25, 0.3) is 5.91 Å². The van der Waals surface area contributed by atoms with E-state index in [-0.39, 0.29) is 27.3 Å². The van der Waals surface area contributed by atoms with Crippen LogP contribution in [0.15, 0.2) is 36.4 Å². The summed E-state index contributed by atoms with van der Waals surface area (Å²) in [6.07, 6.45) is 0.583. The summed E-state index contributed by atoms with van der Waals surface area (Å²) in [7, 11) is 0. The summed E-state index contributed by atoms with van der Waals surface area (Å²) in [6, 6.07) is 9.07. The van der Waals surface area contributed by atoms with Crippen LogP contribution in [-0.4, -0.2) is 12.5 Å². The number of hydrogen-bond acceptors (Lipinski definition) is 2. The number of nitrogen functional groups attached to an aromatic ring is 1. The Morgan fingerprint density at radius 2 is 1.86 bits per heavy atom. The number of anilines is 1. The molecule has 0 fully saturated rings. The molecule has 2 aromatic rings. The lowest BCUT2D eigenvalue weighted by molar-refractivity contribution is 0.0954. The Hall–Kier alpha value is -1.78. The van der Waals surface area contributed by atoms with Gasteiger partial charge in [0.1, 0.15) is 5.82 Å². The van der Waals surface area contributed by atoms with Crippen LogP contribution < -0.4 is 11.1 Å². The molecule has 0 aliphatic rings.